The van der Waals surface area contributed by atoms with E-state index in [0.717, 1.165) is 31.3 Å². The van der Waals surface area contributed by atoms with E-state index in [9.17, 15) is 8.42 Å². The summed E-state index contributed by atoms with van der Waals surface area (Å²) in [6.07, 6.45) is 2.46. The van der Waals surface area contributed by atoms with E-state index >= 15 is 0 Å². The fourth-order valence-corrected chi connectivity index (χ4v) is 6.30. The number of nitrogens with zero attached hydrogens (tertiary/aromatic N) is 2. The van der Waals surface area contributed by atoms with E-state index in [4.69, 9.17) is 4.74 Å². The molecule has 0 bridgehead atoms. The van der Waals surface area contributed by atoms with Crippen LogP contribution in [0.4, 0.5) is 0 Å². The zero-order chi connectivity index (χ0) is 21.1. The fourth-order valence-electron chi connectivity index (χ4n) is 4.76. The van der Waals surface area contributed by atoms with Crippen LogP contribution in [0, 0.1) is 11.8 Å². The molecule has 0 aromatic heterocycles. The maximum absolute atomic E-state index is 13.3. The van der Waals surface area contributed by atoms with Gasteiger partial charge in [-0.25, -0.2) is 8.42 Å². The van der Waals surface area contributed by atoms with Gasteiger partial charge in [0.1, 0.15) is 5.75 Å². The number of sulfonamides is 1. The third-order valence-corrected chi connectivity index (χ3v) is 8.55. The zero-order valence-electron chi connectivity index (χ0n) is 17.9. The SMILES string of the molecule is COc1ccc(C2CN(S(=O)(=O)c3ccccc3)CC2CN2CCC(C)CC2)cc1. The maximum atomic E-state index is 13.3. The molecule has 2 fully saturated rings. The van der Waals surface area contributed by atoms with E-state index in [0.29, 0.717) is 18.0 Å². The van der Waals surface area contributed by atoms with Crippen molar-refractivity contribution < 1.29 is 13.2 Å². The largest absolute Gasteiger partial charge is 0.497 e. The second-order valence-electron chi connectivity index (χ2n) is 8.76. The molecule has 5 nitrogen and oxygen atoms in total. The fraction of sp³-hybridized carbons (Fsp3) is 0.500. The van der Waals surface area contributed by atoms with Crippen molar-refractivity contribution in [3.05, 3.63) is 60.2 Å². The van der Waals surface area contributed by atoms with Crippen molar-refractivity contribution in [2.75, 3.05) is 39.8 Å². The molecule has 0 aliphatic carbocycles. The predicted octanol–water partition coefficient (Wildman–Crippen LogP) is 3.83. The Labute approximate surface area is 180 Å². The lowest BCUT2D eigenvalue weighted by atomic mass is 9.87. The molecular weight excluding hydrogens is 396 g/mol. The van der Waals surface area contributed by atoms with Crippen LogP contribution in [0.2, 0.25) is 0 Å². The molecule has 2 atom stereocenters. The van der Waals surface area contributed by atoms with Crippen LogP contribution in [0.15, 0.2) is 59.5 Å². The van der Waals surface area contributed by atoms with E-state index in [1.165, 1.54) is 18.4 Å². The summed E-state index contributed by atoms with van der Waals surface area (Å²) >= 11 is 0. The van der Waals surface area contributed by atoms with Crippen LogP contribution in [-0.2, 0) is 10.0 Å². The minimum absolute atomic E-state index is 0.189. The number of methoxy groups -OCH3 is 1. The number of hydrogen-bond donors (Lipinski definition) is 0. The normalized spacial score (nSPS) is 24.2. The molecule has 30 heavy (non-hydrogen) atoms. The molecule has 0 saturated carbocycles. The third kappa shape index (κ3) is 4.56. The minimum Gasteiger partial charge on any atom is -0.497 e. The van der Waals surface area contributed by atoms with Crippen molar-refractivity contribution in [3.63, 3.8) is 0 Å². The number of benzene rings is 2. The van der Waals surface area contributed by atoms with Crippen molar-refractivity contribution >= 4 is 10.0 Å². The average Bonchev–Trinajstić information content (AvgIpc) is 3.20. The van der Waals surface area contributed by atoms with Crippen molar-refractivity contribution in [1.29, 1.82) is 0 Å². The first-order chi connectivity index (χ1) is 14.5. The smallest absolute Gasteiger partial charge is 0.243 e. The molecule has 2 saturated heterocycles. The monoisotopic (exact) mass is 428 g/mol. The van der Waals surface area contributed by atoms with Gasteiger partial charge in [-0.1, -0.05) is 37.3 Å². The van der Waals surface area contributed by atoms with Gasteiger partial charge in [0, 0.05) is 25.6 Å². The first-order valence-electron chi connectivity index (χ1n) is 10.9. The van der Waals surface area contributed by atoms with Crippen LogP contribution in [0.1, 0.15) is 31.2 Å². The van der Waals surface area contributed by atoms with Crippen LogP contribution in [0.5, 0.6) is 5.75 Å². The Morgan fingerprint density at radius 2 is 1.63 bits per heavy atom. The Kier molecular flexibility index (Phi) is 6.46. The van der Waals surface area contributed by atoms with Crippen molar-refractivity contribution in [2.45, 2.75) is 30.6 Å². The third-order valence-electron chi connectivity index (χ3n) is 6.70. The van der Waals surface area contributed by atoms with Gasteiger partial charge in [-0.3, -0.25) is 0 Å². The van der Waals surface area contributed by atoms with Gasteiger partial charge in [-0.15, -0.1) is 0 Å². The van der Waals surface area contributed by atoms with Gasteiger partial charge in [0.15, 0.2) is 0 Å². The standard InChI is InChI=1S/C24H32N2O3S/c1-19-12-14-25(15-13-19)16-21-17-26(30(27,28)23-6-4-3-5-7-23)18-24(21)20-8-10-22(29-2)11-9-20/h3-11,19,21,24H,12-18H2,1-2H3. The molecule has 0 N–H and O–H groups in total. The summed E-state index contributed by atoms with van der Waals surface area (Å²) in [6, 6.07) is 16.9. The highest BCUT2D eigenvalue weighted by atomic mass is 32.2. The quantitative estimate of drug-likeness (QED) is 0.702. The lowest BCUT2D eigenvalue weighted by Crippen LogP contribution is -2.38. The van der Waals surface area contributed by atoms with Crippen LogP contribution in [0.25, 0.3) is 0 Å². The molecule has 2 aliphatic rings. The second-order valence-corrected chi connectivity index (χ2v) is 10.7. The molecule has 2 aliphatic heterocycles. The molecule has 2 aromatic rings. The van der Waals surface area contributed by atoms with Crippen LogP contribution < -0.4 is 4.74 Å². The number of hydrogen-bond acceptors (Lipinski definition) is 4. The van der Waals surface area contributed by atoms with Crippen LogP contribution in [-0.4, -0.2) is 57.5 Å². The van der Waals surface area contributed by atoms with Gasteiger partial charge < -0.3 is 9.64 Å². The average molecular weight is 429 g/mol. The number of piperidine rings is 1. The van der Waals surface area contributed by atoms with Gasteiger partial charge in [0.2, 0.25) is 10.0 Å². The zero-order valence-corrected chi connectivity index (χ0v) is 18.7. The summed E-state index contributed by atoms with van der Waals surface area (Å²) in [5, 5.41) is 0. The molecule has 2 aromatic carbocycles. The molecular formula is C24H32N2O3S. The summed E-state index contributed by atoms with van der Waals surface area (Å²) < 4.78 is 33.6. The van der Waals surface area contributed by atoms with Crippen LogP contribution >= 0.6 is 0 Å². The summed E-state index contributed by atoms with van der Waals surface area (Å²) in [7, 11) is -1.82. The highest BCUT2D eigenvalue weighted by Gasteiger charge is 2.40. The van der Waals surface area contributed by atoms with Crippen molar-refractivity contribution in [3.8, 4) is 5.75 Å². The van der Waals surface area contributed by atoms with E-state index < -0.39 is 10.0 Å². The molecule has 2 heterocycles. The van der Waals surface area contributed by atoms with Gasteiger partial charge in [-0.05, 0) is 67.6 Å². The van der Waals surface area contributed by atoms with Gasteiger partial charge in [0.05, 0.1) is 12.0 Å². The first kappa shape index (κ1) is 21.3. The van der Waals surface area contributed by atoms with Gasteiger partial charge in [0.25, 0.3) is 0 Å². The molecule has 6 heteroatoms. The topological polar surface area (TPSA) is 49.9 Å². The summed E-state index contributed by atoms with van der Waals surface area (Å²) in [4.78, 5) is 2.91. The van der Waals surface area contributed by atoms with Crippen molar-refractivity contribution in [1.82, 2.24) is 9.21 Å². The Balaban J connectivity index is 1.58. The molecule has 0 spiro atoms. The van der Waals surface area contributed by atoms with E-state index in [1.807, 2.05) is 18.2 Å². The Morgan fingerprint density at radius 3 is 2.27 bits per heavy atom. The van der Waals surface area contributed by atoms with E-state index in [-0.39, 0.29) is 11.8 Å². The first-order valence-corrected chi connectivity index (χ1v) is 12.3. The molecule has 0 radical (unpaired) electrons. The summed E-state index contributed by atoms with van der Waals surface area (Å²) in [5.41, 5.74) is 1.19. The summed E-state index contributed by atoms with van der Waals surface area (Å²) in [6.45, 7) is 6.58. The number of ether oxygens (including phenoxy) is 1. The van der Waals surface area contributed by atoms with Gasteiger partial charge >= 0.3 is 0 Å². The van der Waals surface area contributed by atoms with E-state index in [2.05, 4.69) is 24.0 Å². The number of likely N-dealkylation sites (tertiary alicyclic amines) is 1. The minimum atomic E-state index is -3.48. The lowest BCUT2D eigenvalue weighted by Gasteiger charge is -2.33. The number of rotatable bonds is 6. The molecule has 162 valence electrons. The Hall–Kier alpha value is -1.89. The second kappa shape index (κ2) is 9.08. The van der Waals surface area contributed by atoms with Crippen molar-refractivity contribution in [2.24, 2.45) is 11.8 Å². The molecule has 0 amide bonds. The lowest BCUT2D eigenvalue weighted by molar-refractivity contribution is 0.165. The van der Waals surface area contributed by atoms with Gasteiger partial charge in [-0.2, -0.15) is 4.31 Å². The van der Waals surface area contributed by atoms with Crippen LogP contribution in [0.3, 0.4) is 0 Å². The highest BCUT2D eigenvalue weighted by molar-refractivity contribution is 7.89. The maximum Gasteiger partial charge on any atom is 0.243 e. The van der Waals surface area contributed by atoms with E-state index in [1.54, 1.807) is 35.7 Å². The highest BCUT2D eigenvalue weighted by Crippen LogP contribution is 2.37. The Morgan fingerprint density at radius 1 is 0.967 bits per heavy atom. The predicted molar refractivity (Wildman–Crippen MR) is 119 cm³/mol. The Bertz CT molecular complexity index is 923. The summed E-state index contributed by atoms with van der Waals surface area (Å²) in [5.74, 6) is 2.09. The molecule has 4 rings (SSSR count). The molecule has 2 unspecified atom stereocenters.